The van der Waals surface area contributed by atoms with Crippen LogP contribution in [0.5, 0.6) is 0 Å². The normalized spacial score (nSPS) is 19.0. The molecule has 4 heteroatoms. The molecule has 1 N–H and O–H groups in total. The average Bonchev–Trinajstić information content (AvgIpc) is 2.87. The third kappa shape index (κ3) is 4.02. The minimum Gasteiger partial charge on any atom is -0.308 e. The minimum absolute atomic E-state index is 0.343. The van der Waals surface area contributed by atoms with Crippen molar-refractivity contribution in [3.05, 3.63) is 10.0 Å². The second kappa shape index (κ2) is 7.19. The van der Waals surface area contributed by atoms with Crippen molar-refractivity contribution >= 4 is 11.3 Å². The van der Waals surface area contributed by atoms with Gasteiger partial charge < -0.3 is 5.32 Å². The number of hydrogen-bond donors (Lipinski definition) is 1. The van der Waals surface area contributed by atoms with Crippen molar-refractivity contribution in [2.24, 2.45) is 5.92 Å². The summed E-state index contributed by atoms with van der Waals surface area (Å²) in [4.78, 5) is 0. The Kier molecular flexibility index (Phi) is 5.57. The van der Waals surface area contributed by atoms with E-state index in [1.54, 1.807) is 11.3 Å². The molecule has 1 heterocycles. The van der Waals surface area contributed by atoms with E-state index in [1.165, 1.54) is 43.5 Å². The van der Waals surface area contributed by atoms with Crippen LogP contribution in [-0.2, 0) is 6.42 Å². The molecule has 0 radical (unpaired) electrons. The van der Waals surface area contributed by atoms with Crippen LogP contribution < -0.4 is 5.32 Å². The van der Waals surface area contributed by atoms with E-state index in [2.05, 4.69) is 29.4 Å². The molecule has 3 nitrogen and oxygen atoms in total. The largest absolute Gasteiger partial charge is 0.308 e. The number of nitrogens with zero attached hydrogens (tertiary/aromatic N) is 2. The summed E-state index contributed by atoms with van der Waals surface area (Å²) in [7, 11) is 0. The van der Waals surface area contributed by atoms with E-state index in [4.69, 9.17) is 0 Å². The lowest BCUT2D eigenvalue weighted by Crippen LogP contribution is -2.17. The molecule has 1 atom stereocenters. The zero-order chi connectivity index (χ0) is 12.8. The van der Waals surface area contributed by atoms with Gasteiger partial charge in [0.25, 0.3) is 0 Å². The topological polar surface area (TPSA) is 37.8 Å². The average molecular weight is 267 g/mol. The predicted molar refractivity (Wildman–Crippen MR) is 76.9 cm³/mol. The van der Waals surface area contributed by atoms with Gasteiger partial charge in [-0.3, -0.25) is 0 Å². The molecule has 1 unspecified atom stereocenters. The van der Waals surface area contributed by atoms with Crippen molar-refractivity contribution in [1.29, 1.82) is 0 Å². The predicted octanol–water partition coefficient (Wildman–Crippen LogP) is 3.72. The Morgan fingerprint density at radius 3 is 2.78 bits per heavy atom. The Bertz CT molecular complexity index is 345. The van der Waals surface area contributed by atoms with Gasteiger partial charge in [0.2, 0.25) is 0 Å². The molecule has 0 saturated heterocycles. The maximum atomic E-state index is 4.33. The molecular formula is C14H25N3S. The molecule has 2 rings (SSSR count). The first-order valence-corrected chi connectivity index (χ1v) is 8.17. The highest BCUT2D eigenvalue weighted by atomic mass is 32.1. The fourth-order valence-electron chi connectivity index (χ4n) is 2.74. The molecule has 18 heavy (non-hydrogen) atoms. The highest BCUT2D eigenvalue weighted by Gasteiger charge is 2.15. The van der Waals surface area contributed by atoms with Gasteiger partial charge in [0.1, 0.15) is 10.0 Å². The van der Waals surface area contributed by atoms with Crippen molar-refractivity contribution in [3.8, 4) is 0 Å². The Balaban J connectivity index is 1.79. The molecule has 1 fully saturated rings. The summed E-state index contributed by atoms with van der Waals surface area (Å²) in [5.74, 6) is 0.942. The van der Waals surface area contributed by atoms with Gasteiger partial charge in [-0.15, -0.1) is 10.2 Å². The summed E-state index contributed by atoms with van der Waals surface area (Å²) in [6, 6.07) is 0.343. The van der Waals surface area contributed by atoms with Gasteiger partial charge in [-0.1, -0.05) is 50.4 Å². The molecule has 1 aromatic heterocycles. The molecule has 0 bridgehead atoms. The molecule has 1 aromatic rings. The van der Waals surface area contributed by atoms with Crippen molar-refractivity contribution < 1.29 is 0 Å². The lowest BCUT2D eigenvalue weighted by molar-refractivity contribution is 0.339. The molecule has 1 aliphatic carbocycles. The van der Waals surface area contributed by atoms with Gasteiger partial charge in [-0.2, -0.15) is 0 Å². The van der Waals surface area contributed by atoms with Crippen LogP contribution >= 0.6 is 11.3 Å². The quantitative estimate of drug-likeness (QED) is 0.853. The summed E-state index contributed by atoms with van der Waals surface area (Å²) < 4.78 is 0. The van der Waals surface area contributed by atoms with Crippen LogP contribution in [0.1, 0.15) is 68.4 Å². The summed E-state index contributed by atoms with van der Waals surface area (Å²) >= 11 is 1.78. The first-order chi connectivity index (χ1) is 8.79. The van der Waals surface area contributed by atoms with Gasteiger partial charge in [0.15, 0.2) is 0 Å². The highest BCUT2D eigenvalue weighted by Crippen LogP contribution is 2.28. The smallest absolute Gasteiger partial charge is 0.134 e. The highest BCUT2D eigenvalue weighted by molar-refractivity contribution is 7.11. The van der Waals surface area contributed by atoms with Crippen LogP contribution in [0.15, 0.2) is 0 Å². The zero-order valence-corrected chi connectivity index (χ0v) is 12.4. The van der Waals surface area contributed by atoms with Crippen molar-refractivity contribution in [3.63, 3.8) is 0 Å². The minimum atomic E-state index is 0.343. The number of aryl methyl sites for hydroxylation is 1. The number of hydrogen-bond acceptors (Lipinski definition) is 4. The van der Waals surface area contributed by atoms with Crippen LogP contribution in [0.25, 0.3) is 0 Å². The molecular weight excluding hydrogens is 242 g/mol. The lowest BCUT2D eigenvalue weighted by Gasteiger charge is -2.20. The van der Waals surface area contributed by atoms with E-state index in [1.807, 2.05) is 0 Å². The monoisotopic (exact) mass is 267 g/mol. The van der Waals surface area contributed by atoms with Gasteiger partial charge in [0.05, 0.1) is 6.04 Å². The Morgan fingerprint density at radius 2 is 2.06 bits per heavy atom. The molecule has 0 aliphatic heterocycles. The molecule has 0 aromatic carbocycles. The van der Waals surface area contributed by atoms with Crippen molar-refractivity contribution in [2.75, 3.05) is 6.54 Å². The molecule has 0 spiro atoms. The number of nitrogens with one attached hydrogen (secondary N) is 1. The zero-order valence-electron chi connectivity index (χ0n) is 11.6. The van der Waals surface area contributed by atoms with Crippen LogP contribution in [-0.4, -0.2) is 16.7 Å². The SMILES string of the molecule is CCNC(C)c1nnc(CCC2CCCCC2)s1. The van der Waals surface area contributed by atoms with E-state index in [9.17, 15) is 0 Å². The summed E-state index contributed by atoms with van der Waals surface area (Å²) in [6.45, 7) is 5.27. The molecule has 1 aliphatic rings. The fourth-order valence-corrected chi connectivity index (χ4v) is 3.62. The van der Waals surface area contributed by atoms with Crippen LogP contribution in [0.3, 0.4) is 0 Å². The third-order valence-electron chi connectivity index (χ3n) is 3.85. The van der Waals surface area contributed by atoms with Crippen LogP contribution in [0, 0.1) is 5.92 Å². The van der Waals surface area contributed by atoms with E-state index < -0.39 is 0 Å². The lowest BCUT2D eigenvalue weighted by atomic mass is 9.86. The summed E-state index contributed by atoms with van der Waals surface area (Å²) in [5, 5.41) is 14.4. The van der Waals surface area contributed by atoms with Gasteiger partial charge in [-0.25, -0.2) is 0 Å². The van der Waals surface area contributed by atoms with Gasteiger partial charge in [0, 0.05) is 6.42 Å². The Hall–Kier alpha value is -0.480. The maximum absolute atomic E-state index is 4.33. The van der Waals surface area contributed by atoms with E-state index in [-0.39, 0.29) is 0 Å². The second-order valence-corrected chi connectivity index (χ2v) is 6.45. The Morgan fingerprint density at radius 1 is 1.28 bits per heavy atom. The van der Waals surface area contributed by atoms with Crippen LogP contribution in [0.2, 0.25) is 0 Å². The van der Waals surface area contributed by atoms with Crippen molar-refractivity contribution in [2.45, 2.75) is 64.8 Å². The van der Waals surface area contributed by atoms with Gasteiger partial charge in [-0.05, 0) is 25.8 Å². The third-order valence-corrected chi connectivity index (χ3v) is 5.02. The molecule has 0 amide bonds. The maximum Gasteiger partial charge on any atom is 0.134 e. The van der Waals surface area contributed by atoms with Crippen molar-refractivity contribution in [1.82, 2.24) is 15.5 Å². The number of rotatable bonds is 6. The van der Waals surface area contributed by atoms with Crippen LogP contribution in [0.4, 0.5) is 0 Å². The first kappa shape index (κ1) is 13.9. The second-order valence-electron chi connectivity index (χ2n) is 5.36. The summed E-state index contributed by atoms with van der Waals surface area (Å²) in [6.07, 6.45) is 9.61. The van der Waals surface area contributed by atoms with E-state index in [0.29, 0.717) is 6.04 Å². The summed E-state index contributed by atoms with van der Waals surface area (Å²) in [5.41, 5.74) is 0. The molecule has 1 saturated carbocycles. The van der Waals surface area contributed by atoms with E-state index >= 15 is 0 Å². The fraction of sp³-hybridized carbons (Fsp3) is 0.857. The molecule has 102 valence electrons. The van der Waals surface area contributed by atoms with E-state index in [0.717, 1.165) is 23.9 Å². The standard InChI is InChI=1S/C14H25N3S/c1-3-15-11(2)14-17-16-13(18-14)10-9-12-7-5-4-6-8-12/h11-12,15H,3-10H2,1-2H3. The number of aromatic nitrogens is 2. The first-order valence-electron chi connectivity index (χ1n) is 7.35. The van der Waals surface area contributed by atoms with Gasteiger partial charge >= 0.3 is 0 Å². The Labute approximate surface area is 114 Å².